The number of carbonyl (C=O) groups is 1. The van der Waals surface area contributed by atoms with E-state index in [2.05, 4.69) is 10.2 Å². The fourth-order valence-electron chi connectivity index (χ4n) is 3.18. The Morgan fingerprint density at radius 3 is 2.81 bits per heavy atom. The summed E-state index contributed by atoms with van der Waals surface area (Å²) in [5.74, 6) is -0.661. The summed E-state index contributed by atoms with van der Waals surface area (Å²) in [4.78, 5) is 13.8. The van der Waals surface area contributed by atoms with Gasteiger partial charge in [0.05, 0.1) is 11.3 Å². The minimum Gasteiger partial charge on any atom is -0.367 e. The van der Waals surface area contributed by atoms with Gasteiger partial charge in [0, 0.05) is 12.6 Å². The number of halogens is 1. The van der Waals surface area contributed by atoms with Crippen molar-refractivity contribution in [2.45, 2.75) is 31.7 Å². The van der Waals surface area contributed by atoms with Crippen LogP contribution in [0, 0.1) is 11.7 Å². The normalized spacial score (nSPS) is 22.0. The molecule has 1 aromatic carbocycles. The van der Waals surface area contributed by atoms with Gasteiger partial charge in [-0.2, -0.15) is 0 Å². The fraction of sp³-hybridized carbons (Fsp3) is 0.562. The van der Waals surface area contributed by atoms with E-state index in [4.69, 9.17) is 5.73 Å². The highest BCUT2D eigenvalue weighted by Crippen LogP contribution is 2.35. The van der Waals surface area contributed by atoms with Gasteiger partial charge >= 0.3 is 0 Å². The smallest absolute Gasteiger partial charge is 0.253 e. The first-order chi connectivity index (χ1) is 10.2. The van der Waals surface area contributed by atoms with Gasteiger partial charge in [-0.1, -0.05) is 6.07 Å². The fourth-order valence-corrected chi connectivity index (χ4v) is 3.18. The van der Waals surface area contributed by atoms with E-state index in [1.165, 1.54) is 18.9 Å². The number of nitrogens with zero attached hydrogens (tertiary/aromatic N) is 1. The third-order valence-electron chi connectivity index (χ3n) is 4.39. The summed E-state index contributed by atoms with van der Waals surface area (Å²) in [7, 11) is 0. The Bertz CT molecular complexity index is 524. The lowest BCUT2D eigenvalue weighted by Gasteiger charge is -2.32. The van der Waals surface area contributed by atoms with Gasteiger partial charge in [-0.25, -0.2) is 4.39 Å². The summed E-state index contributed by atoms with van der Waals surface area (Å²) in [6.07, 6.45) is 4.57. The number of carbonyl (C=O) groups excluding carboxylic acids is 1. The lowest BCUT2D eigenvalue weighted by Crippen LogP contribution is -2.40. The van der Waals surface area contributed by atoms with Gasteiger partial charge in [-0.05, 0) is 56.8 Å². The van der Waals surface area contributed by atoms with Crippen molar-refractivity contribution < 1.29 is 9.18 Å². The van der Waals surface area contributed by atoms with Crippen LogP contribution in [0.4, 0.5) is 10.1 Å². The van der Waals surface area contributed by atoms with E-state index in [0.717, 1.165) is 32.5 Å². The standard InChI is InChI=1S/C16H22FN3O/c17-13-4-1-5-14(15(13)16(18)21)20(12-6-7-12)10-11-3-2-8-19-9-11/h1,4-5,11-12,19H,2-3,6-10H2,(H2,18,21). The molecule has 3 N–H and O–H groups in total. The zero-order valence-corrected chi connectivity index (χ0v) is 12.1. The van der Waals surface area contributed by atoms with E-state index in [0.29, 0.717) is 17.6 Å². The number of primary amides is 1. The monoisotopic (exact) mass is 291 g/mol. The second-order valence-corrected chi connectivity index (χ2v) is 6.09. The second kappa shape index (κ2) is 6.02. The van der Waals surface area contributed by atoms with Crippen LogP contribution in [0.5, 0.6) is 0 Å². The molecule has 1 aromatic rings. The van der Waals surface area contributed by atoms with Gasteiger partial charge in [0.2, 0.25) is 0 Å². The highest BCUT2D eigenvalue weighted by molar-refractivity contribution is 5.99. The number of benzene rings is 1. The van der Waals surface area contributed by atoms with Crippen molar-refractivity contribution in [3.63, 3.8) is 0 Å². The van der Waals surface area contributed by atoms with Gasteiger partial charge in [0.1, 0.15) is 5.82 Å². The number of hydrogen-bond acceptors (Lipinski definition) is 3. The van der Waals surface area contributed by atoms with Crippen LogP contribution < -0.4 is 16.0 Å². The Balaban J connectivity index is 1.87. The van der Waals surface area contributed by atoms with E-state index in [1.54, 1.807) is 6.07 Å². The Hall–Kier alpha value is -1.62. The Morgan fingerprint density at radius 2 is 2.19 bits per heavy atom. The van der Waals surface area contributed by atoms with E-state index < -0.39 is 11.7 Å². The molecule has 1 unspecified atom stereocenters. The number of anilines is 1. The Labute approximate surface area is 124 Å². The third kappa shape index (κ3) is 3.18. The van der Waals surface area contributed by atoms with Crippen LogP contribution in [0.15, 0.2) is 18.2 Å². The van der Waals surface area contributed by atoms with E-state index in [1.807, 2.05) is 6.07 Å². The summed E-state index contributed by atoms with van der Waals surface area (Å²) < 4.78 is 14.0. The predicted octanol–water partition coefficient (Wildman–Crippen LogP) is 1.89. The number of nitrogens with one attached hydrogen (secondary N) is 1. The van der Waals surface area contributed by atoms with Gasteiger partial charge in [0.25, 0.3) is 5.91 Å². The van der Waals surface area contributed by atoms with E-state index >= 15 is 0 Å². The van der Waals surface area contributed by atoms with Crippen LogP contribution in [0.25, 0.3) is 0 Å². The van der Waals surface area contributed by atoms with Gasteiger partial charge < -0.3 is 16.0 Å². The zero-order chi connectivity index (χ0) is 14.8. The van der Waals surface area contributed by atoms with Crippen molar-refractivity contribution in [3.05, 3.63) is 29.6 Å². The molecule has 0 bridgehead atoms. The molecule has 1 atom stereocenters. The SMILES string of the molecule is NC(=O)c1c(F)cccc1N(CC1CCCNC1)C1CC1. The van der Waals surface area contributed by atoms with E-state index in [9.17, 15) is 9.18 Å². The molecule has 1 aliphatic heterocycles. The summed E-state index contributed by atoms with van der Waals surface area (Å²) in [6, 6.07) is 5.20. The molecule has 3 rings (SSSR count). The van der Waals surface area contributed by atoms with Crippen LogP contribution >= 0.6 is 0 Å². The maximum absolute atomic E-state index is 14.0. The zero-order valence-electron chi connectivity index (χ0n) is 12.1. The first kappa shape index (κ1) is 14.3. The number of rotatable bonds is 5. The quantitative estimate of drug-likeness (QED) is 0.871. The molecule has 1 heterocycles. The van der Waals surface area contributed by atoms with Crippen molar-refractivity contribution in [2.75, 3.05) is 24.5 Å². The topological polar surface area (TPSA) is 58.4 Å². The van der Waals surface area contributed by atoms with Crippen molar-refractivity contribution in [1.29, 1.82) is 0 Å². The summed E-state index contributed by atoms with van der Waals surface area (Å²) in [5.41, 5.74) is 6.09. The first-order valence-electron chi connectivity index (χ1n) is 7.72. The Kier molecular flexibility index (Phi) is 4.10. The third-order valence-corrected chi connectivity index (χ3v) is 4.39. The predicted molar refractivity (Wildman–Crippen MR) is 80.9 cm³/mol. The first-order valence-corrected chi connectivity index (χ1v) is 7.72. The molecule has 21 heavy (non-hydrogen) atoms. The van der Waals surface area contributed by atoms with Crippen LogP contribution in [-0.2, 0) is 0 Å². The average molecular weight is 291 g/mol. The summed E-state index contributed by atoms with van der Waals surface area (Å²) in [5, 5.41) is 3.41. The minimum atomic E-state index is -0.685. The average Bonchev–Trinajstić information content (AvgIpc) is 3.30. The van der Waals surface area contributed by atoms with Crippen molar-refractivity contribution in [1.82, 2.24) is 5.32 Å². The second-order valence-electron chi connectivity index (χ2n) is 6.09. The molecule has 114 valence electrons. The van der Waals surface area contributed by atoms with Crippen LogP contribution in [0.1, 0.15) is 36.0 Å². The molecule has 1 amide bonds. The van der Waals surface area contributed by atoms with Crippen LogP contribution in [-0.4, -0.2) is 31.6 Å². The highest BCUT2D eigenvalue weighted by atomic mass is 19.1. The molecule has 1 aliphatic carbocycles. The van der Waals surface area contributed by atoms with Gasteiger partial charge in [0.15, 0.2) is 0 Å². The van der Waals surface area contributed by atoms with E-state index in [-0.39, 0.29) is 5.56 Å². The largest absolute Gasteiger partial charge is 0.367 e. The van der Waals surface area contributed by atoms with Crippen LogP contribution in [0.3, 0.4) is 0 Å². The number of amides is 1. The van der Waals surface area contributed by atoms with Gasteiger partial charge in [-0.15, -0.1) is 0 Å². The number of hydrogen-bond donors (Lipinski definition) is 2. The molecule has 0 radical (unpaired) electrons. The molecule has 4 nitrogen and oxygen atoms in total. The summed E-state index contributed by atoms with van der Waals surface area (Å²) in [6.45, 7) is 2.93. The van der Waals surface area contributed by atoms with Crippen molar-refractivity contribution in [2.24, 2.45) is 11.7 Å². The molecule has 0 spiro atoms. The highest BCUT2D eigenvalue weighted by Gasteiger charge is 2.33. The molecule has 2 aliphatic rings. The van der Waals surface area contributed by atoms with Crippen LogP contribution in [0.2, 0.25) is 0 Å². The lowest BCUT2D eigenvalue weighted by molar-refractivity contribution is 0.0997. The van der Waals surface area contributed by atoms with Crippen molar-refractivity contribution >= 4 is 11.6 Å². The molecule has 2 fully saturated rings. The maximum atomic E-state index is 14.0. The molecular formula is C16H22FN3O. The number of nitrogens with two attached hydrogens (primary N) is 1. The van der Waals surface area contributed by atoms with Crippen molar-refractivity contribution in [3.8, 4) is 0 Å². The van der Waals surface area contributed by atoms with Gasteiger partial charge in [-0.3, -0.25) is 4.79 Å². The molecule has 1 saturated carbocycles. The Morgan fingerprint density at radius 1 is 1.38 bits per heavy atom. The molecule has 0 aromatic heterocycles. The molecule has 1 saturated heterocycles. The molecule has 5 heteroatoms. The number of piperidine rings is 1. The lowest BCUT2D eigenvalue weighted by atomic mass is 9.98. The summed E-state index contributed by atoms with van der Waals surface area (Å²) >= 11 is 0. The minimum absolute atomic E-state index is 0.0353. The maximum Gasteiger partial charge on any atom is 0.253 e. The molecular weight excluding hydrogens is 269 g/mol.